The first-order valence-corrected chi connectivity index (χ1v) is 8.57. The molecule has 0 saturated heterocycles. The molecule has 0 bridgehead atoms. The molecule has 130 valence electrons. The number of ether oxygens (including phenoxy) is 1. The largest absolute Gasteiger partial charge is 0.497 e. The summed E-state index contributed by atoms with van der Waals surface area (Å²) in [4.78, 5) is 17.5. The molecule has 1 aromatic carbocycles. The topological polar surface area (TPSA) is 74.0 Å². The van der Waals surface area contributed by atoms with Gasteiger partial charge in [0.05, 0.1) is 12.8 Å². The first-order chi connectivity index (χ1) is 12.1. The summed E-state index contributed by atoms with van der Waals surface area (Å²) in [5.74, 6) is 0.783. The van der Waals surface area contributed by atoms with E-state index in [1.54, 1.807) is 7.11 Å². The molecule has 1 aliphatic rings. The molecule has 0 radical (unpaired) electrons. The molecule has 0 fully saturated rings. The van der Waals surface area contributed by atoms with E-state index < -0.39 is 0 Å². The van der Waals surface area contributed by atoms with Crippen LogP contribution in [0, 0.1) is 0 Å². The Hall–Kier alpha value is -2.60. The van der Waals surface area contributed by atoms with Crippen LogP contribution in [-0.4, -0.2) is 34.2 Å². The van der Waals surface area contributed by atoms with Crippen molar-refractivity contribution in [2.75, 3.05) is 14.2 Å². The number of pyridine rings is 1. The highest BCUT2D eigenvalue weighted by Crippen LogP contribution is 2.24. The standard InChI is InChI=1S/C19H22N4O2/c1-23(11-18-15-4-3-5-17(15)21-22-18)10-13-8-12-9-14(25-2)6-7-16(12)20-19(13)24/h6-9H,3-5,10-11H2,1-2H3,(H,20,24)(H,21,22). The third kappa shape index (κ3) is 3.05. The van der Waals surface area contributed by atoms with Crippen LogP contribution in [0.2, 0.25) is 0 Å². The molecule has 4 rings (SSSR count). The third-order valence-corrected chi connectivity index (χ3v) is 4.88. The maximum atomic E-state index is 12.4. The molecule has 2 aromatic heterocycles. The summed E-state index contributed by atoms with van der Waals surface area (Å²) in [6, 6.07) is 7.61. The molecule has 0 saturated carbocycles. The Morgan fingerprint density at radius 3 is 2.96 bits per heavy atom. The van der Waals surface area contributed by atoms with Crippen molar-refractivity contribution in [3.05, 3.63) is 57.1 Å². The minimum Gasteiger partial charge on any atom is -0.497 e. The number of nitrogens with zero attached hydrogens (tertiary/aromatic N) is 2. The lowest BCUT2D eigenvalue weighted by atomic mass is 10.1. The van der Waals surface area contributed by atoms with Gasteiger partial charge in [0.2, 0.25) is 0 Å². The van der Waals surface area contributed by atoms with E-state index in [0.29, 0.717) is 6.54 Å². The number of nitrogens with one attached hydrogen (secondary N) is 2. The van der Waals surface area contributed by atoms with Crippen molar-refractivity contribution in [3.8, 4) is 5.75 Å². The first kappa shape index (κ1) is 15.9. The Bertz CT molecular complexity index is 973. The zero-order valence-corrected chi connectivity index (χ0v) is 14.6. The Balaban J connectivity index is 1.56. The van der Waals surface area contributed by atoms with E-state index in [2.05, 4.69) is 20.1 Å². The Morgan fingerprint density at radius 1 is 1.24 bits per heavy atom. The normalized spacial score (nSPS) is 13.6. The van der Waals surface area contributed by atoms with E-state index in [1.165, 1.54) is 17.7 Å². The molecule has 0 unspecified atom stereocenters. The quantitative estimate of drug-likeness (QED) is 0.749. The second-order valence-electron chi connectivity index (χ2n) is 6.73. The van der Waals surface area contributed by atoms with Crippen LogP contribution in [0.25, 0.3) is 10.9 Å². The lowest BCUT2D eigenvalue weighted by Crippen LogP contribution is -2.23. The fourth-order valence-electron chi connectivity index (χ4n) is 3.60. The minimum absolute atomic E-state index is 0.0447. The average molecular weight is 338 g/mol. The summed E-state index contributed by atoms with van der Waals surface area (Å²) in [6.07, 6.45) is 3.40. The van der Waals surface area contributed by atoms with E-state index in [-0.39, 0.29) is 5.56 Å². The van der Waals surface area contributed by atoms with Crippen LogP contribution in [0.15, 0.2) is 29.1 Å². The predicted octanol–water partition coefficient (Wildman–Crippen LogP) is 2.38. The van der Waals surface area contributed by atoms with Gasteiger partial charge in [-0.15, -0.1) is 0 Å². The lowest BCUT2D eigenvalue weighted by Gasteiger charge is -2.16. The molecule has 2 N–H and O–H groups in total. The summed E-state index contributed by atoms with van der Waals surface area (Å²) < 4.78 is 5.27. The first-order valence-electron chi connectivity index (χ1n) is 8.57. The molecular formula is C19H22N4O2. The van der Waals surface area contributed by atoms with Crippen LogP contribution in [-0.2, 0) is 25.9 Å². The number of rotatable bonds is 5. The molecule has 0 spiro atoms. The van der Waals surface area contributed by atoms with Gasteiger partial charge in [-0.1, -0.05) is 0 Å². The van der Waals surface area contributed by atoms with Crippen LogP contribution in [0.3, 0.4) is 0 Å². The maximum absolute atomic E-state index is 12.4. The summed E-state index contributed by atoms with van der Waals surface area (Å²) in [7, 11) is 3.66. The molecule has 6 nitrogen and oxygen atoms in total. The number of aromatic nitrogens is 3. The smallest absolute Gasteiger partial charge is 0.252 e. The fourth-order valence-corrected chi connectivity index (χ4v) is 3.60. The monoisotopic (exact) mass is 338 g/mol. The predicted molar refractivity (Wildman–Crippen MR) is 96.9 cm³/mol. The van der Waals surface area contributed by atoms with Crippen molar-refractivity contribution in [2.24, 2.45) is 0 Å². The average Bonchev–Trinajstić information content (AvgIpc) is 3.20. The van der Waals surface area contributed by atoms with Gasteiger partial charge in [-0.3, -0.25) is 14.8 Å². The van der Waals surface area contributed by atoms with Crippen LogP contribution >= 0.6 is 0 Å². The van der Waals surface area contributed by atoms with Crippen LogP contribution in [0.1, 0.15) is 28.9 Å². The van der Waals surface area contributed by atoms with E-state index in [9.17, 15) is 4.79 Å². The minimum atomic E-state index is -0.0447. The number of hydrogen-bond acceptors (Lipinski definition) is 4. The number of benzene rings is 1. The van der Waals surface area contributed by atoms with Gasteiger partial charge >= 0.3 is 0 Å². The van der Waals surface area contributed by atoms with E-state index in [0.717, 1.165) is 47.3 Å². The van der Waals surface area contributed by atoms with Gasteiger partial charge in [-0.25, -0.2) is 0 Å². The van der Waals surface area contributed by atoms with Crippen molar-refractivity contribution in [3.63, 3.8) is 0 Å². The Kier molecular flexibility index (Phi) is 4.05. The summed E-state index contributed by atoms with van der Waals surface area (Å²) in [5, 5.41) is 8.57. The summed E-state index contributed by atoms with van der Waals surface area (Å²) >= 11 is 0. The molecule has 1 aliphatic carbocycles. The highest BCUT2D eigenvalue weighted by atomic mass is 16.5. The second-order valence-corrected chi connectivity index (χ2v) is 6.73. The van der Waals surface area contributed by atoms with Gasteiger partial charge in [-0.05, 0) is 56.1 Å². The Morgan fingerprint density at radius 2 is 2.12 bits per heavy atom. The maximum Gasteiger partial charge on any atom is 0.252 e. The van der Waals surface area contributed by atoms with Crippen molar-refractivity contribution in [1.29, 1.82) is 0 Å². The van der Waals surface area contributed by atoms with E-state index in [4.69, 9.17) is 4.74 Å². The molecule has 0 atom stereocenters. The second kappa shape index (κ2) is 6.37. The van der Waals surface area contributed by atoms with E-state index >= 15 is 0 Å². The van der Waals surface area contributed by atoms with Crippen LogP contribution in [0.4, 0.5) is 0 Å². The molecule has 25 heavy (non-hydrogen) atoms. The summed E-state index contributed by atoms with van der Waals surface area (Å²) in [6.45, 7) is 1.31. The molecular weight excluding hydrogens is 316 g/mol. The van der Waals surface area contributed by atoms with Crippen molar-refractivity contribution < 1.29 is 4.74 Å². The molecule has 6 heteroatoms. The molecule has 0 amide bonds. The van der Waals surface area contributed by atoms with Gasteiger partial charge < -0.3 is 9.72 Å². The number of aryl methyl sites for hydroxylation is 1. The summed E-state index contributed by atoms with van der Waals surface area (Å²) in [5.41, 5.74) is 5.27. The zero-order chi connectivity index (χ0) is 17.4. The van der Waals surface area contributed by atoms with Gasteiger partial charge in [0, 0.05) is 35.2 Å². The lowest BCUT2D eigenvalue weighted by molar-refractivity contribution is 0.312. The van der Waals surface area contributed by atoms with Gasteiger partial charge in [0.15, 0.2) is 0 Å². The number of fused-ring (bicyclic) bond motifs is 2. The number of aromatic amines is 2. The van der Waals surface area contributed by atoms with Crippen LogP contribution < -0.4 is 10.3 Å². The Labute approximate surface area is 145 Å². The molecule has 2 heterocycles. The zero-order valence-electron chi connectivity index (χ0n) is 14.6. The highest BCUT2D eigenvalue weighted by molar-refractivity contribution is 5.80. The fraction of sp³-hybridized carbons (Fsp3) is 0.368. The number of hydrogen-bond donors (Lipinski definition) is 2. The van der Waals surface area contributed by atoms with Gasteiger partial charge in [0.25, 0.3) is 5.56 Å². The van der Waals surface area contributed by atoms with Gasteiger partial charge in [-0.2, -0.15) is 5.10 Å². The molecule has 3 aromatic rings. The SMILES string of the molecule is COc1ccc2[nH]c(=O)c(CN(C)Cc3n[nH]c4c3CCC4)cc2c1. The van der Waals surface area contributed by atoms with Crippen molar-refractivity contribution >= 4 is 10.9 Å². The van der Waals surface area contributed by atoms with Crippen LogP contribution in [0.5, 0.6) is 5.75 Å². The molecule has 0 aliphatic heterocycles. The number of methoxy groups -OCH3 is 1. The van der Waals surface area contributed by atoms with Crippen molar-refractivity contribution in [2.45, 2.75) is 32.4 Å². The van der Waals surface area contributed by atoms with Crippen molar-refractivity contribution in [1.82, 2.24) is 20.1 Å². The van der Waals surface area contributed by atoms with E-state index in [1.807, 2.05) is 31.3 Å². The highest BCUT2D eigenvalue weighted by Gasteiger charge is 2.19. The van der Waals surface area contributed by atoms with Gasteiger partial charge in [0.1, 0.15) is 5.75 Å². The number of H-pyrrole nitrogens is 2. The third-order valence-electron chi connectivity index (χ3n) is 4.88.